The summed E-state index contributed by atoms with van der Waals surface area (Å²) in [4.78, 5) is 2.38. The number of halogens is 4. The number of hydrogen-bond acceptors (Lipinski definition) is 4. The van der Waals surface area contributed by atoms with E-state index in [2.05, 4.69) is 10.2 Å². The summed E-state index contributed by atoms with van der Waals surface area (Å²) >= 11 is 6.13. The maximum Gasteiger partial charge on any atom is 0.129 e. The molecule has 0 aromatic heterocycles. The van der Waals surface area contributed by atoms with Crippen molar-refractivity contribution in [2.24, 2.45) is 0 Å². The second kappa shape index (κ2) is 13.2. The quantitative estimate of drug-likeness (QED) is 0.606. The predicted molar refractivity (Wildman–Crippen MR) is 116 cm³/mol. The molecule has 8 heteroatoms. The number of morpholine rings is 1. The van der Waals surface area contributed by atoms with Crippen molar-refractivity contribution in [3.05, 3.63) is 64.4 Å². The molecule has 0 atom stereocenters. The molecule has 0 saturated carbocycles. The highest BCUT2D eigenvalue weighted by Crippen LogP contribution is 2.24. The molecule has 0 radical (unpaired) electrons. The lowest BCUT2D eigenvalue weighted by Crippen LogP contribution is -2.40. The van der Waals surface area contributed by atoms with Crippen LogP contribution in [0.3, 0.4) is 0 Å². The molecule has 1 aliphatic rings. The summed E-state index contributed by atoms with van der Waals surface area (Å²) in [7, 11) is 0. The minimum atomic E-state index is -0.258. The lowest BCUT2D eigenvalue weighted by Gasteiger charge is -2.26. The Hall–Kier alpha value is -1.08. The number of rotatable bonds is 8. The lowest BCUT2D eigenvalue weighted by molar-refractivity contribution is 0.0384. The molecule has 0 spiro atoms. The molecule has 1 aliphatic heterocycles. The van der Waals surface area contributed by atoms with Gasteiger partial charge in [-0.25, -0.2) is 4.39 Å². The lowest BCUT2D eigenvalue weighted by atomic mass is 10.2. The Labute approximate surface area is 183 Å². The smallest absolute Gasteiger partial charge is 0.129 e. The average Bonchev–Trinajstić information content (AvgIpc) is 2.66. The summed E-state index contributed by atoms with van der Waals surface area (Å²) in [6.07, 6.45) is 0. The van der Waals surface area contributed by atoms with Crippen molar-refractivity contribution >= 4 is 36.4 Å². The highest BCUT2D eigenvalue weighted by Gasteiger charge is 2.10. The molecule has 1 fully saturated rings. The molecule has 28 heavy (non-hydrogen) atoms. The van der Waals surface area contributed by atoms with E-state index >= 15 is 0 Å². The van der Waals surface area contributed by atoms with Gasteiger partial charge >= 0.3 is 0 Å². The van der Waals surface area contributed by atoms with Gasteiger partial charge in [-0.05, 0) is 24.3 Å². The highest BCUT2D eigenvalue weighted by atomic mass is 35.5. The van der Waals surface area contributed by atoms with Crippen molar-refractivity contribution in [3.8, 4) is 5.75 Å². The van der Waals surface area contributed by atoms with Crippen LogP contribution in [-0.4, -0.2) is 44.3 Å². The van der Waals surface area contributed by atoms with Gasteiger partial charge in [0.15, 0.2) is 0 Å². The summed E-state index contributed by atoms with van der Waals surface area (Å²) in [5.74, 6) is 0.461. The Morgan fingerprint density at radius 2 is 1.82 bits per heavy atom. The normalized spacial score (nSPS) is 14.1. The second-order valence-electron chi connectivity index (χ2n) is 6.26. The summed E-state index contributed by atoms with van der Waals surface area (Å²) in [5.41, 5.74) is 1.50. The van der Waals surface area contributed by atoms with Crippen molar-refractivity contribution in [3.63, 3.8) is 0 Å². The van der Waals surface area contributed by atoms with Crippen LogP contribution in [0.25, 0.3) is 0 Å². The van der Waals surface area contributed by atoms with E-state index in [0.29, 0.717) is 17.1 Å². The third-order valence-corrected chi connectivity index (χ3v) is 4.62. The Bertz CT molecular complexity index is 716. The molecule has 1 N–H and O–H groups in total. The minimum Gasteiger partial charge on any atom is -0.488 e. The van der Waals surface area contributed by atoms with E-state index < -0.39 is 0 Å². The second-order valence-corrected chi connectivity index (χ2v) is 6.70. The minimum absolute atomic E-state index is 0. The molecule has 156 valence electrons. The van der Waals surface area contributed by atoms with Gasteiger partial charge in [0.25, 0.3) is 0 Å². The van der Waals surface area contributed by atoms with E-state index in [0.717, 1.165) is 50.7 Å². The van der Waals surface area contributed by atoms with E-state index in [9.17, 15) is 4.39 Å². The Morgan fingerprint density at radius 3 is 2.57 bits per heavy atom. The van der Waals surface area contributed by atoms with Crippen LogP contribution in [0.15, 0.2) is 42.5 Å². The number of benzene rings is 2. The maximum atomic E-state index is 13.8. The largest absolute Gasteiger partial charge is 0.488 e. The average molecular weight is 452 g/mol. The van der Waals surface area contributed by atoms with Gasteiger partial charge < -0.3 is 14.8 Å². The molecule has 0 bridgehead atoms. The number of nitrogens with one attached hydrogen (secondary N) is 1. The molecule has 1 heterocycles. The topological polar surface area (TPSA) is 33.7 Å². The maximum absolute atomic E-state index is 13.8. The van der Waals surface area contributed by atoms with Crippen LogP contribution in [-0.2, 0) is 17.9 Å². The first kappa shape index (κ1) is 25.0. The van der Waals surface area contributed by atoms with Crippen molar-refractivity contribution < 1.29 is 13.9 Å². The molecule has 1 saturated heterocycles. The van der Waals surface area contributed by atoms with Crippen LogP contribution in [0.2, 0.25) is 5.02 Å². The summed E-state index contributed by atoms with van der Waals surface area (Å²) in [6.45, 7) is 6.28. The van der Waals surface area contributed by atoms with Crippen LogP contribution in [0, 0.1) is 5.82 Å². The van der Waals surface area contributed by atoms with Crippen molar-refractivity contribution in [2.45, 2.75) is 13.2 Å². The Kier molecular flexibility index (Phi) is 11.8. The Morgan fingerprint density at radius 1 is 1.07 bits per heavy atom. The molecular weight excluding hydrogens is 426 g/mol. The third kappa shape index (κ3) is 7.74. The van der Waals surface area contributed by atoms with Gasteiger partial charge in [0.2, 0.25) is 0 Å². The first-order valence-electron chi connectivity index (χ1n) is 8.88. The number of hydrogen-bond donors (Lipinski definition) is 1. The van der Waals surface area contributed by atoms with Gasteiger partial charge in [0.05, 0.1) is 13.2 Å². The van der Waals surface area contributed by atoms with Gasteiger partial charge in [-0.3, -0.25) is 4.90 Å². The molecule has 4 nitrogen and oxygen atoms in total. The molecule has 2 aromatic rings. The highest BCUT2D eigenvalue weighted by molar-refractivity contribution is 6.30. The third-order valence-electron chi connectivity index (χ3n) is 4.39. The zero-order valence-electron chi connectivity index (χ0n) is 15.5. The van der Waals surface area contributed by atoms with E-state index in [1.54, 1.807) is 24.3 Å². The van der Waals surface area contributed by atoms with Crippen LogP contribution in [0.5, 0.6) is 5.75 Å². The van der Waals surface area contributed by atoms with Gasteiger partial charge in [0, 0.05) is 48.9 Å². The molecule has 0 amide bonds. The number of nitrogens with zero attached hydrogens (tertiary/aromatic N) is 1. The molecular formula is C20H26Cl3FN2O2. The van der Waals surface area contributed by atoms with Gasteiger partial charge in [-0.2, -0.15) is 0 Å². The summed E-state index contributed by atoms with van der Waals surface area (Å²) in [5, 5.41) is 4.09. The Balaban J connectivity index is 0.00000196. The summed E-state index contributed by atoms with van der Waals surface area (Å²) < 4.78 is 25.0. The molecule has 0 aliphatic carbocycles. The monoisotopic (exact) mass is 450 g/mol. The van der Waals surface area contributed by atoms with E-state index in [1.165, 1.54) is 6.07 Å². The van der Waals surface area contributed by atoms with E-state index in [1.807, 2.05) is 12.1 Å². The zero-order chi connectivity index (χ0) is 18.2. The van der Waals surface area contributed by atoms with E-state index in [-0.39, 0.29) is 37.2 Å². The standard InChI is InChI=1S/C20H24ClFN2O2.2ClH/c21-18-5-6-20(26-15-16-3-1-2-4-19(16)22)17(13-18)14-23-7-8-24-9-11-25-12-10-24;;/h1-6,13,23H,7-12,14-15H2;2*1H. The first-order valence-corrected chi connectivity index (χ1v) is 9.25. The van der Waals surface area contributed by atoms with Crippen molar-refractivity contribution in [2.75, 3.05) is 39.4 Å². The van der Waals surface area contributed by atoms with Crippen LogP contribution >= 0.6 is 36.4 Å². The van der Waals surface area contributed by atoms with Crippen LogP contribution in [0.1, 0.15) is 11.1 Å². The van der Waals surface area contributed by atoms with Crippen LogP contribution in [0.4, 0.5) is 4.39 Å². The summed E-state index contributed by atoms with van der Waals surface area (Å²) in [6, 6.07) is 12.2. The molecule has 2 aromatic carbocycles. The van der Waals surface area contributed by atoms with E-state index in [4.69, 9.17) is 21.1 Å². The first-order chi connectivity index (χ1) is 12.7. The van der Waals surface area contributed by atoms with Gasteiger partial charge in [0.1, 0.15) is 18.2 Å². The van der Waals surface area contributed by atoms with Crippen LogP contribution < -0.4 is 10.1 Å². The zero-order valence-corrected chi connectivity index (χ0v) is 17.9. The van der Waals surface area contributed by atoms with Crippen molar-refractivity contribution in [1.29, 1.82) is 0 Å². The fourth-order valence-electron chi connectivity index (χ4n) is 2.88. The van der Waals surface area contributed by atoms with Gasteiger partial charge in [-0.15, -0.1) is 24.8 Å². The molecule has 3 rings (SSSR count). The van der Waals surface area contributed by atoms with Gasteiger partial charge in [-0.1, -0.05) is 29.8 Å². The fraction of sp³-hybridized carbons (Fsp3) is 0.400. The number of ether oxygens (including phenoxy) is 2. The fourth-order valence-corrected chi connectivity index (χ4v) is 3.08. The molecule has 0 unspecified atom stereocenters. The SMILES string of the molecule is Cl.Cl.Fc1ccccc1COc1ccc(Cl)cc1CNCCN1CCOCC1. The predicted octanol–water partition coefficient (Wildman–Crippen LogP) is 4.32. The van der Waals surface area contributed by atoms with Crippen molar-refractivity contribution in [1.82, 2.24) is 10.2 Å².